The summed E-state index contributed by atoms with van der Waals surface area (Å²) in [6.07, 6.45) is 0. The van der Waals surface area contributed by atoms with Gasteiger partial charge < -0.3 is 5.32 Å². The smallest absolute Gasteiger partial charge is 0.221 e. The first-order valence-electron chi connectivity index (χ1n) is 6.90. The average Bonchev–Trinajstić information content (AvgIpc) is 2.50. The van der Waals surface area contributed by atoms with Crippen LogP contribution >= 0.6 is 11.8 Å². The van der Waals surface area contributed by atoms with Crippen molar-refractivity contribution in [3.8, 4) is 0 Å². The van der Waals surface area contributed by atoms with E-state index in [9.17, 15) is 18.4 Å². The van der Waals surface area contributed by atoms with Gasteiger partial charge in [-0.25, -0.2) is 8.78 Å². The molecule has 1 amide bonds. The summed E-state index contributed by atoms with van der Waals surface area (Å²) in [7, 11) is 0. The van der Waals surface area contributed by atoms with Crippen LogP contribution in [0.25, 0.3) is 0 Å². The largest absolute Gasteiger partial charge is 0.326 e. The second kappa shape index (κ2) is 7.37. The lowest BCUT2D eigenvalue weighted by Gasteiger charge is -2.11. The molecule has 6 heteroatoms. The number of ketones is 1. The van der Waals surface area contributed by atoms with Gasteiger partial charge >= 0.3 is 0 Å². The van der Waals surface area contributed by atoms with Crippen LogP contribution in [0.15, 0.2) is 47.4 Å². The lowest BCUT2D eigenvalue weighted by atomic mass is 10.1. The van der Waals surface area contributed by atoms with Gasteiger partial charge in [0.15, 0.2) is 17.4 Å². The van der Waals surface area contributed by atoms with Crippen molar-refractivity contribution in [1.82, 2.24) is 0 Å². The molecule has 2 aromatic rings. The third kappa shape index (κ3) is 4.63. The van der Waals surface area contributed by atoms with Crippen LogP contribution in [-0.2, 0) is 4.79 Å². The molecule has 0 heterocycles. The molecule has 0 saturated carbocycles. The summed E-state index contributed by atoms with van der Waals surface area (Å²) in [4.78, 5) is 23.8. The van der Waals surface area contributed by atoms with Crippen LogP contribution in [-0.4, -0.2) is 16.9 Å². The highest BCUT2D eigenvalue weighted by Crippen LogP contribution is 2.27. The average molecular weight is 335 g/mol. The van der Waals surface area contributed by atoms with Crippen LogP contribution in [0.4, 0.5) is 14.5 Å². The van der Waals surface area contributed by atoms with Crippen molar-refractivity contribution in [2.45, 2.75) is 24.0 Å². The van der Waals surface area contributed by atoms with Crippen molar-refractivity contribution in [3.05, 3.63) is 59.7 Å². The van der Waals surface area contributed by atoms with E-state index in [1.54, 1.807) is 31.2 Å². The van der Waals surface area contributed by atoms with E-state index in [1.807, 2.05) is 0 Å². The van der Waals surface area contributed by atoms with Crippen molar-refractivity contribution in [2.24, 2.45) is 0 Å². The number of hydrogen-bond donors (Lipinski definition) is 1. The number of halogens is 2. The van der Waals surface area contributed by atoms with Crippen LogP contribution in [0, 0.1) is 11.6 Å². The van der Waals surface area contributed by atoms with Crippen molar-refractivity contribution in [1.29, 1.82) is 0 Å². The lowest BCUT2D eigenvalue weighted by molar-refractivity contribution is -0.114. The van der Waals surface area contributed by atoms with Gasteiger partial charge in [-0.05, 0) is 49.4 Å². The molecule has 3 nitrogen and oxygen atoms in total. The number of anilines is 1. The summed E-state index contributed by atoms with van der Waals surface area (Å²) in [6, 6.07) is 10.1. The molecule has 120 valence electrons. The molecule has 0 radical (unpaired) electrons. The Labute approximate surface area is 137 Å². The Balaban J connectivity index is 2.06. The van der Waals surface area contributed by atoms with Gasteiger partial charge in [0.1, 0.15) is 0 Å². The van der Waals surface area contributed by atoms with E-state index in [4.69, 9.17) is 0 Å². The zero-order valence-corrected chi connectivity index (χ0v) is 13.4. The van der Waals surface area contributed by atoms with E-state index in [1.165, 1.54) is 13.0 Å². The fraction of sp³-hybridized carbons (Fsp3) is 0.176. The van der Waals surface area contributed by atoms with Crippen LogP contribution in [0.1, 0.15) is 24.2 Å². The zero-order chi connectivity index (χ0) is 17.0. The maximum absolute atomic E-state index is 13.2. The topological polar surface area (TPSA) is 46.2 Å². The lowest BCUT2D eigenvalue weighted by Crippen LogP contribution is -2.13. The third-order valence-corrected chi connectivity index (χ3v) is 4.16. The van der Waals surface area contributed by atoms with E-state index in [0.717, 1.165) is 23.9 Å². The summed E-state index contributed by atoms with van der Waals surface area (Å²) in [6.45, 7) is 3.11. The molecule has 2 aromatic carbocycles. The number of thioether (sulfide) groups is 1. The first-order valence-corrected chi connectivity index (χ1v) is 7.78. The highest BCUT2D eigenvalue weighted by molar-refractivity contribution is 8.00. The Kier molecular flexibility index (Phi) is 5.50. The van der Waals surface area contributed by atoms with Crippen LogP contribution < -0.4 is 5.32 Å². The molecule has 23 heavy (non-hydrogen) atoms. The predicted molar refractivity (Wildman–Crippen MR) is 86.8 cm³/mol. The molecule has 1 N–H and O–H groups in total. The van der Waals surface area contributed by atoms with Gasteiger partial charge in [-0.15, -0.1) is 11.8 Å². The first kappa shape index (κ1) is 17.1. The Morgan fingerprint density at radius 3 is 2.26 bits per heavy atom. The number of hydrogen-bond acceptors (Lipinski definition) is 3. The molecule has 0 saturated heterocycles. The number of rotatable bonds is 5. The molecule has 0 aromatic heterocycles. The van der Waals surface area contributed by atoms with Gasteiger partial charge in [0.05, 0.1) is 5.25 Å². The van der Waals surface area contributed by atoms with Crippen LogP contribution in [0.5, 0.6) is 0 Å². The number of carbonyl (C=O) groups is 2. The van der Waals surface area contributed by atoms with Gasteiger partial charge in [-0.1, -0.05) is 0 Å². The van der Waals surface area contributed by atoms with E-state index >= 15 is 0 Å². The fourth-order valence-electron chi connectivity index (χ4n) is 1.96. The Bertz CT molecular complexity index is 732. The minimum atomic E-state index is -0.936. The normalized spacial score (nSPS) is 11.8. The number of Topliss-reactive ketones (excluding diaryl/α,β-unsaturated/α-hetero) is 1. The second-order valence-corrected chi connectivity index (χ2v) is 6.37. The van der Waals surface area contributed by atoms with E-state index in [-0.39, 0.29) is 11.7 Å². The van der Waals surface area contributed by atoms with Crippen molar-refractivity contribution < 1.29 is 18.4 Å². The molecule has 0 aliphatic heterocycles. The summed E-state index contributed by atoms with van der Waals surface area (Å²) in [5.41, 5.74) is 1.09. The Morgan fingerprint density at radius 2 is 1.70 bits per heavy atom. The number of benzene rings is 2. The van der Waals surface area contributed by atoms with Crippen molar-refractivity contribution in [3.63, 3.8) is 0 Å². The third-order valence-electron chi connectivity index (χ3n) is 3.06. The van der Waals surface area contributed by atoms with Gasteiger partial charge in [0, 0.05) is 23.1 Å². The van der Waals surface area contributed by atoms with Gasteiger partial charge in [0.25, 0.3) is 0 Å². The maximum atomic E-state index is 13.2. The SMILES string of the molecule is CC(=O)Nc1ccc(C(=O)[C@H](C)Sc2ccc(F)c(F)c2)cc1. The molecule has 1 atom stereocenters. The highest BCUT2D eigenvalue weighted by atomic mass is 32.2. The van der Waals surface area contributed by atoms with Gasteiger partial charge in [-0.3, -0.25) is 9.59 Å². The molecule has 0 spiro atoms. The van der Waals surface area contributed by atoms with Crippen molar-refractivity contribution >= 4 is 29.1 Å². The highest BCUT2D eigenvalue weighted by Gasteiger charge is 2.17. The molecule has 2 rings (SSSR count). The minimum absolute atomic E-state index is 0.130. The molecule has 0 unspecified atom stereocenters. The Morgan fingerprint density at radius 1 is 1.04 bits per heavy atom. The van der Waals surface area contributed by atoms with E-state index in [2.05, 4.69) is 5.32 Å². The molecule has 0 aliphatic carbocycles. The monoisotopic (exact) mass is 335 g/mol. The molecular weight excluding hydrogens is 320 g/mol. The maximum Gasteiger partial charge on any atom is 0.221 e. The van der Waals surface area contributed by atoms with Gasteiger partial charge in [0.2, 0.25) is 5.91 Å². The molecule has 0 fully saturated rings. The molecule has 0 bridgehead atoms. The zero-order valence-electron chi connectivity index (χ0n) is 12.6. The van der Waals surface area contributed by atoms with E-state index < -0.39 is 16.9 Å². The number of nitrogens with one attached hydrogen (secondary N) is 1. The second-order valence-electron chi connectivity index (χ2n) is 4.96. The minimum Gasteiger partial charge on any atom is -0.326 e. The van der Waals surface area contributed by atoms with Crippen LogP contribution in [0.2, 0.25) is 0 Å². The quantitative estimate of drug-likeness (QED) is 0.655. The molecular formula is C17H15F2NO2S. The molecule has 0 aliphatic rings. The number of carbonyl (C=O) groups excluding carboxylic acids is 2. The standard InChI is InChI=1S/C17H15F2NO2S/c1-10(23-14-7-8-15(18)16(19)9-14)17(22)12-3-5-13(6-4-12)20-11(2)21/h3-10H,1-2H3,(H,20,21)/t10-/m0/s1. The number of amides is 1. The van der Waals surface area contributed by atoms with Crippen LogP contribution in [0.3, 0.4) is 0 Å². The van der Waals surface area contributed by atoms with E-state index in [0.29, 0.717) is 16.1 Å². The Hall–Kier alpha value is -2.21. The predicted octanol–water partition coefficient (Wildman–Crippen LogP) is 4.29. The fourth-order valence-corrected chi connectivity index (χ4v) is 2.93. The van der Waals surface area contributed by atoms with Gasteiger partial charge in [-0.2, -0.15) is 0 Å². The first-order chi connectivity index (χ1) is 10.9. The summed E-state index contributed by atoms with van der Waals surface area (Å²) < 4.78 is 26.1. The van der Waals surface area contributed by atoms with Crippen molar-refractivity contribution in [2.75, 3.05) is 5.32 Å². The summed E-state index contributed by atoms with van der Waals surface area (Å²) in [5, 5.41) is 2.17. The summed E-state index contributed by atoms with van der Waals surface area (Å²) >= 11 is 1.16. The summed E-state index contributed by atoms with van der Waals surface area (Å²) in [5.74, 6) is -2.17.